The Kier molecular flexibility index (Phi) is 4.55. The van der Waals surface area contributed by atoms with E-state index in [2.05, 4.69) is 4.74 Å². The highest BCUT2D eigenvalue weighted by molar-refractivity contribution is 5.69. The minimum atomic E-state index is -3.07. The SMILES string of the molecule is CN(CC(C)(C)C)c1cc(OC(F)F)c(F)cc1N. The number of nitrogens with zero attached hydrogens (tertiary/aromatic N) is 1. The topological polar surface area (TPSA) is 38.5 Å². The summed E-state index contributed by atoms with van der Waals surface area (Å²) in [6.07, 6.45) is 0. The smallest absolute Gasteiger partial charge is 0.387 e. The molecule has 0 aliphatic heterocycles. The molecule has 0 heterocycles. The van der Waals surface area contributed by atoms with Gasteiger partial charge in [0.15, 0.2) is 11.6 Å². The Morgan fingerprint density at radius 2 is 1.89 bits per heavy atom. The summed E-state index contributed by atoms with van der Waals surface area (Å²) in [7, 11) is 1.76. The maximum absolute atomic E-state index is 13.4. The summed E-state index contributed by atoms with van der Waals surface area (Å²) in [5, 5.41) is 0. The third-order valence-corrected chi connectivity index (χ3v) is 2.42. The van der Waals surface area contributed by atoms with Crippen LogP contribution in [-0.4, -0.2) is 20.2 Å². The maximum Gasteiger partial charge on any atom is 0.387 e. The Hall–Kier alpha value is -1.59. The molecule has 3 nitrogen and oxygen atoms in total. The van der Waals surface area contributed by atoms with E-state index in [1.165, 1.54) is 6.07 Å². The van der Waals surface area contributed by atoms with Crippen LogP contribution < -0.4 is 15.4 Å². The number of rotatable bonds is 4. The largest absolute Gasteiger partial charge is 0.432 e. The summed E-state index contributed by atoms with van der Waals surface area (Å²) in [6.45, 7) is 3.65. The third kappa shape index (κ3) is 4.54. The minimum absolute atomic E-state index is 0.0146. The van der Waals surface area contributed by atoms with Gasteiger partial charge in [-0.15, -0.1) is 0 Å². The lowest BCUT2D eigenvalue weighted by molar-refractivity contribution is -0.0521. The fourth-order valence-corrected chi connectivity index (χ4v) is 1.87. The monoisotopic (exact) mass is 276 g/mol. The molecule has 0 spiro atoms. The van der Waals surface area contributed by atoms with E-state index in [0.29, 0.717) is 12.2 Å². The van der Waals surface area contributed by atoms with Crippen molar-refractivity contribution in [2.24, 2.45) is 5.41 Å². The van der Waals surface area contributed by atoms with E-state index in [4.69, 9.17) is 5.73 Å². The number of hydrogen-bond donors (Lipinski definition) is 1. The Balaban J connectivity index is 3.06. The molecule has 0 amide bonds. The highest BCUT2D eigenvalue weighted by atomic mass is 19.3. The predicted molar refractivity (Wildman–Crippen MR) is 70.2 cm³/mol. The number of nitrogens with two attached hydrogens (primary N) is 1. The van der Waals surface area contributed by atoms with E-state index >= 15 is 0 Å². The Labute approximate surface area is 111 Å². The molecular formula is C13H19F3N2O. The summed E-state index contributed by atoms with van der Waals surface area (Å²) >= 11 is 0. The Bertz CT molecular complexity index is 444. The van der Waals surface area contributed by atoms with Crippen LogP contribution >= 0.6 is 0 Å². The molecule has 0 bridgehead atoms. The number of hydrogen-bond acceptors (Lipinski definition) is 3. The maximum atomic E-state index is 13.4. The van der Waals surface area contributed by atoms with Gasteiger partial charge in [-0.25, -0.2) is 4.39 Å². The molecule has 1 aromatic carbocycles. The van der Waals surface area contributed by atoms with Gasteiger partial charge >= 0.3 is 6.61 Å². The fraction of sp³-hybridized carbons (Fsp3) is 0.538. The zero-order valence-electron chi connectivity index (χ0n) is 11.5. The second-order valence-electron chi connectivity index (χ2n) is 5.64. The minimum Gasteiger partial charge on any atom is -0.432 e. The molecule has 108 valence electrons. The van der Waals surface area contributed by atoms with E-state index < -0.39 is 18.2 Å². The van der Waals surface area contributed by atoms with E-state index in [0.717, 1.165) is 6.07 Å². The van der Waals surface area contributed by atoms with Crippen LogP contribution in [0.3, 0.4) is 0 Å². The van der Waals surface area contributed by atoms with Gasteiger partial charge in [0.2, 0.25) is 0 Å². The molecule has 19 heavy (non-hydrogen) atoms. The fourth-order valence-electron chi connectivity index (χ4n) is 1.87. The number of anilines is 2. The normalized spacial score (nSPS) is 11.8. The van der Waals surface area contributed by atoms with Gasteiger partial charge in [0.25, 0.3) is 0 Å². The van der Waals surface area contributed by atoms with Gasteiger partial charge in [-0.1, -0.05) is 20.8 Å². The van der Waals surface area contributed by atoms with Crippen LogP contribution in [0, 0.1) is 11.2 Å². The summed E-state index contributed by atoms with van der Waals surface area (Å²) in [5.74, 6) is -1.40. The Morgan fingerprint density at radius 1 is 1.32 bits per heavy atom. The van der Waals surface area contributed by atoms with Gasteiger partial charge < -0.3 is 15.4 Å². The first-order chi connectivity index (χ1) is 8.60. The van der Waals surface area contributed by atoms with E-state index in [1.54, 1.807) is 11.9 Å². The Morgan fingerprint density at radius 3 is 2.37 bits per heavy atom. The molecule has 1 aromatic rings. The lowest BCUT2D eigenvalue weighted by atomic mass is 9.96. The van der Waals surface area contributed by atoms with Crippen LogP contribution in [0.1, 0.15) is 20.8 Å². The molecule has 0 aromatic heterocycles. The average molecular weight is 276 g/mol. The van der Waals surface area contributed by atoms with Gasteiger partial charge in [-0.2, -0.15) is 8.78 Å². The summed E-state index contributed by atoms with van der Waals surface area (Å²) in [6, 6.07) is 2.19. The zero-order valence-corrected chi connectivity index (χ0v) is 11.5. The van der Waals surface area contributed by atoms with Gasteiger partial charge in [0.1, 0.15) is 0 Å². The van der Waals surface area contributed by atoms with Crippen molar-refractivity contribution in [3.63, 3.8) is 0 Å². The van der Waals surface area contributed by atoms with Crippen LogP contribution in [0.15, 0.2) is 12.1 Å². The third-order valence-electron chi connectivity index (χ3n) is 2.42. The highest BCUT2D eigenvalue weighted by Crippen LogP contribution is 2.32. The van der Waals surface area contributed by atoms with Gasteiger partial charge in [-0.3, -0.25) is 0 Å². The van der Waals surface area contributed by atoms with E-state index in [1.807, 2.05) is 20.8 Å². The van der Waals surface area contributed by atoms with Crippen LogP contribution in [-0.2, 0) is 0 Å². The van der Waals surface area contributed by atoms with Crippen molar-refractivity contribution >= 4 is 11.4 Å². The quantitative estimate of drug-likeness (QED) is 0.855. The summed E-state index contributed by atoms with van der Waals surface area (Å²) in [5.41, 5.74) is 6.35. The first-order valence-corrected chi connectivity index (χ1v) is 5.85. The molecule has 0 aliphatic rings. The predicted octanol–water partition coefficient (Wildman–Crippen LogP) is 3.49. The molecule has 0 atom stereocenters. The molecule has 1 rings (SSSR count). The first kappa shape index (κ1) is 15.5. The van der Waals surface area contributed by atoms with Crippen LogP contribution in [0.25, 0.3) is 0 Å². The molecule has 6 heteroatoms. The lowest BCUT2D eigenvalue weighted by Gasteiger charge is -2.29. The van der Waals surface area contributed by atoms with Crippen molar-refractivity contribution in [2.45, 2.75) is 27.4 Å². The zero-order chi connectivity index (χ0) is 14.8. The molecule has 0 aliphatic carbocycles. The standard InChI is InChI=1S/C13H19F3N2O/c1-13(2,3)7-18(4)10-6-11(19-12(15)16)8(14)5-9(10)17/h5-6,12H,7,17H2,1-4H3. The lowest BCUT2D eigenvalue weighted by Crippen LogP contribution is -2.29. The van der Waals surface area contributed by atoms with Crippen molar-refractivity contribution in [3.8, 4) is 5.75 Å². The summed E-state index contributed by atoms with van der Waals surface area (Å²) < 4.78 is 41.9. The van der Waals surface area contributed by atoms with Crippen molar-refractivity contribution in [3.05, 3.63) is 17.9 Å². The van der Waals surface area contributed by atoms with Crippen molar-refractivity contribution in [1.29, 1.82) is 0 Å². The van der Waals surface area contributed by atoms with Crippen molar-refractivity contribution in [2.75, 3.05) is 24.2 Å². The molecule has 0 saturated heterocycles. The van der Waals surface area contributed by atoms with Crippen molar-refractivity contribution < 1.29 is 17.9 Å². The van der Waals surface area contributed by atoms with Gasteiger partial charge in [0.05, 0.1) is 11.4 Å². The summed E-state index contributed by atoms with van der Waals surface area (Å²) in [4.78, 5) is 1.78. The number of alkyl halides is 2. The molecular weight excluding hydrogens is 257 g/mol. The number of nitrogen functional groups attached to an aromatic ring is 1. The molecule has 0 radical (unpaired) electrons. The van der Waals surface area contributed by atoms with E-state index in [9.17, 15) is 13.2 Å². The number of halogens is 3. The van der Waals surface area contributed by atoms with Crippen molar-refractivity contribution in [1.82, 2.24) is 0 Å². The van der Waals surface area contributed by atoms with Gasteiger partial charge in [-0.05, 0) is 5.41 Å². The van der Waals surface area contributed by atoms with Crippen LogP contribution in [0.5, 0.6) is 5.75 Å². The highest BCUT2D eigenvalue weighted by Gasteiger charge is 2.19. The molecule has 2 N–H and O–H groups in total. The van der Waals surface area contributed by atoms with Crippen LogP contribution in [0.2, 0.25) is 0 Å². The van der Waals surface area contributed by atoms with E-state index in [-0.39, 0.29) is 11.1 Å². The number of benzene rings is 1. The molecule has 0 unspecified atom stereocenters. The second-order valence-corrected chi connectivity index (χ2v) is 5.64. The van der Waals surface area contributed by atoms with Gasteiger partial charge in [0, 0.05) is 25.7 Å². The number of ether oxygens (including phenoxy) is 1. The first-order valence-electron chi connectivity index (χ1n) is 5.85. The molecule has 0 fully saturated rings. The van der Waals surface area contributed by atoms with Crippen LogP contribution in [0.4, 0.5) is 24.5 Å². The second kappa shape index (κ2) is 5.59. The molecule has 0 saturated carbocycles. The average Bonchev–Trinajstić information content (AvgIpc) is 2.18.